The minimum Gasteiger partial charge on any atom is -0.598 e. The van der Waals surface area contributed by atoms with E-state index in [1.165, 1.54) is 0 Å². The summed E-state index contributed by atoms with van der Waals surface area (Å²) >= 11 is 2.30. The molecule has 4 nitrogen and oxygen atoms in total. The van der Waals surface area contributed by atoms with Gasteiger partial charge in [-0.2, -0.15) is 0 Å². The molecule has 0 amide bonds. The lowest BCUT2D eigenvalue weighted by Gasteiger charge is -2.26. The summed E-state index contributed by atoms with van der Waals surface area (Å²) in [6, 6.07) is 5.78. The molecule has 1 unspecified atom stereocenters. The normalized spacial score (nSPS) is 15.0. The molecule has 0 aliphatic carbocycles. The average Bonchev–Trinajstić information content (AvgIpc) is 2.83. The van der Waals surface area contributed by atoms with Gasteiger partial charge in [-0.1, -0.05) is 35.8 Å². The van der Waals surface area contributed by atoms with Crippen LogP contribution in [0, 0.1) is 5.92 Å². The van der Waals surface area contributed by atoms with E-state index in [9.17, 15) is 9.35 Å². The van der Waals surface area contributed by atoms with E-state index < -0.39 is 11.4 Å². The number of fused-ring (bicyclic) bond motifs is 1. The third kappa shape index (κ3) is 4.04. The third-order valence-corrected chi connectivity index (χ3v) is 6.01. The monoisotopic (exact) mass is 412 g/mol. The predicted octanol–water partition coefficient (Wildman–Crippen LogP) is 4.81. The summed E-state index contributed by atoms with van der Waals surface area (Å²) in [5, 5.41) is 0.998. The molecule has 0 radical (unpaired) electrons. The van der Waals surface area contributed by atoms with Gasteiger partial charge in [0.1, 0.15) is 4.75 Å². The van der Waals surface area contributed by atoms with Crippen molar-refractivity contribution < 1.29 is 9.35 Å². The Morgan fingerprint density at radius 1 is 1.29 bits per heavy atom. The molecule has 0 fully saturated rings. The number of carbonyl (C=O) groups is 1. The SMILES string of the molecule is CC(C)C(=O)n1cc([C@@H](C)N[S+]([O-])C(C)(C)C)c2ccc(Br)cc21. The molecule has 0 saturated carbocycles. The summed E-state index contributed by atoms with van der Waals surface area (Å²) in [6.07, 6.45) is 1.87. The van der Waals surface area contributed by atoms with Gasteiger partial charge in [0.25, 0.3) is 0 Å². The van der Waals surface area contributed by atoms with Gasteiger partial charge in [0.15, 0.2) is 0 Å². The standard InChI is InChI=1S/C18H25BrN2O2S/c1-11(2)17(22)21-10-15(12(3)20-24(23)18(4,5)6)14-8-7-13(19)9-16(14)21/h7-12,20H,1-6H3/t12-,24?/m1/s1. The number of benzene rings is 1. The van der Waals surface area contributed by atoms with Gasteiger partial charge in [0, 0.05) is 33.3 Å². The van der Waals surface area contributed by atoms with E-state index in [2.05, 4.69) is 20.7 Å². The number of nitrogens with zero attached hydrogens (tertiary/aromatic N) is 1. The van der Waals surface area contributed by atoms with E-state index in [4.69, 9.17) is 0 Å². The van der Waals surface area contributed by atoms with Crippen LogP contribution in [0.5, 0.6) is 0 Å². The molecule has 1 aromatic carbocycles. The van der Waals surface area contributed by atoms with Crippen LogP contribution in [-0.2, 0) is 11.4 Å². The van der Waals surface area contributed by atoms with Crippen molar-refractivity contribution in [3.63, 3.8) is 0 Å². The summed E-state index contributed by atoms with van der Waals surface area (Å²) < 4.78 is 17.9. The van der Waals surface area contributed by atoms with Gasteiger partial charge in [-0.05, 0) is 45.4 Å². The maximum atomic E-state index is 12.6. The second-order valence-electron chi connectivity index (χ2n) is 7.33. The Balaban J connectivity index is 2.49. The summed E-state index contributed by atoms with van der Waals surface area (Å²) in [5.74, 6) is -0.0482. The topological polar surface area (TPSA) is 57.1 Å². The lowest BCUT2D eigenvalue weighted by atomic mass is 10.1. The first-order chi connectivity index (χ1) is 11.0. The summed E-state index contributed by atoms with van der Waals surface area (Å²) in [6.45, 7) is 11.6. The van der Waals surface area contributed by atoms with Crippen molar-refractivity contribution in [1.29, 1.82) is 0 Å². The maximum Gasteiger partial charge on any atom is 0.233 e. The number of hydrogen-bond donors (Lipinski definition) is 1. The molecule has 1 heterocycles. The van der Waals surface area contributed by atoms with Crippen LogP contribution in [0.25, 0.3) is 10.9 Å². The molecular formula is C18H25BrN2O2S. The zero-order valence-corrected chi connectivity index (χ0v) is 17.4. The molecule has 24 heavy (non-hydrogen) atoms. The fourth-order valence-electron chi connectivity index (χ4n) is 2.43. The van der Waals surface area contributed by atoms with Crippen molar-refractivity contribution in [3.05, 3.63) is 34.4 Å². The Kier molecular flexibility index (Phi) is 5.85. The summed E-state index contributed by atoms with van der Waals surface area (Å²) in [5.41, 5.74) is 1.84. The molecule has 0 bridgehead atoms. The number of hydrogen-bond acceptors (Lipinski definition) is 3. The molecule has 0 saturated heterocycles. The molecule has 6 heteroatoms. The van der Waals surface area contributed by atoms with Crippen molar-refractivity contribution in [2.45, 2.75) is 52.3 Å². The van der Waals surface area contributed by atoms with Gasteiger partial charge in [-0.15, -0.1) is 4.72 Å². The summed E-state index contributed by atoms with van der Waals surface area (Å²) in [7, 11) is 0. The van der Waals surface area contributed by atoms with Crippen molar-refractivity contribution >= 4 is 44.1 Å². The molecule has 2 atom stereocenters. The maximum absolute atomic E-state index is 12.6. The van der Waals surface area contributed by atoms with Crippen LogP contribution < -0.4 is 4.72 Å². The molecular weight excluding hydrogens is 388 g/mol. The van der Waals surface area contributed by atoms with Gasteiger partial charge < -0.3 is 4.55 Å². The summed E-state index contributed by atoms with van der Waals surface area (Å²) in [4.78, 5) is 12.6. The molecule has 1 aromatic heterocycles. The number of carbonyl (C=O) groups excluding carboxylic acids is 1. The minimum absolute atomic E-state index is 0.0495. The van der Waals surface area contributed by atoms with Crippen LogP contribution >= 0.6 is 15.9 Å². The number of rotatable bonds is 4. The van der Waals surface area contributed by atoms with Crippen LogP contribution in [0.2, 0.25) is 0 Å². The fraction of sp³-hybridized carbons (Fsp3) is 0.500. The van der Waals surface area contributed by atoms with E-state index in [1.807, 2.05) is 65.9 Å². The Bertz CT molecular complexity index is 749. The highest BCUT2D eigenvalue weighted by atomic mass is 79.9. The van der Waals surface area contributed by atoms with Crippen molar-refractivity contribution in [1.82, 2.24) is 9.29 Å². The number of aromatic nitrogens is 1. The fourth-order valence-corrected chi connectivity index (χ4v) is 3.58. The molecule has 2 aromatic rings. The molecule has 0 aliphatic heterocycles. The van der Waals surface area contributed by atoms with E-state index >= 15 is 0 Å². The zero-order chi connectivity index (χ0) is 18.2. The minimum atomic E-state index is -1.18. The van der Waals surface area contributed by atoms with Crippen molar-refractivity contribution in [2.75, 3.05) is 0 Å². The van der Waals surface area contributed by atoms with Crippen molar-refractivity contribution in [2.24, 2.45) is 5.92 Å². The second-order valence-corrected chi connectivity index (χ2v) is 10.2. The van der Waals surface area contributed by atoms with E-state index in [0.717, 1.165) is 20.9 Å². The highest BCUT2D eigenvalue weighted by Crippen LogP contribution is 2.30. The molecule has 0 spiro atoms. The van der Waals surface area contributed by atoms with E-state index in [0.29, 0.717) is 0 Å². The smallest absolute Gasteiger partial charge is 0.233 e. The number of halogens is 1. The molecule has 0 aliphatic rings. The predicted molar refractivity (Wildman–Crippen MR) is 105 cm³/mol. The highest BCUT2D eigenvalue weighted by molar-refractivity contribution is 9.10. The lowest BCUT2D eigenvalue weighted by Crippen LogP contribution is -2.40. The van der Waals surface area contributed by atoms with Crippen molar-refractivity contribution in [3.8, 4) is 0 Å². The first-order valence-corrected chi connectivity index (χ1v) is 9.99. The van der Waals surface area contributed by atoms with Crippen LogP contribution in [0.15, 0.2) is 28.9 Å². The zero-order valence-electron chi connectivity index (χ0n) is 15.0. The van der Waals surface area contributed by atoms with E-state index in [-0.39, 0.29) is 22.6 Å². The Labute approximate surface area is 155 Å². The highest BCUT2D eigenvalue weighted by Gasteiger charge is 2.29. The Morgan fingerprint density at radius 3 is 2.46 bits per heavy atom. The molecule has 2 rings (SSSR count). The van der Waals surface area contributed by atoms with Gasteiger partial charge in [-0.25, -0.2) is 0 Å². The second kappa shape index (κ2) is 7.20. The first-order valence-electron chi connectivity index (χ1n) is 8.05. The van der Waals surface area contributed by atoms with Gasteiger partial charge >= 0.3 is 0 Å². The van der Waals surface area contributed by atoms with Gasteiger partial charge in [0.2, 0.25) is 5.91 Å². The number of nitrogens with one attached hydrogen (secondary N) is 1. The third-order valence-electron chi connectivity index (χ3n) is 3.84. The van der Waals surface area contributed by atoms with Crippen LogP contribution in [-0.4, -0.2) is 19.8 Å². The average molecular weight is 413 g/mol. The van der Waals surface area contributed by atoms with Crippen LogP contribution in [0.3, 0.4) is 0 Å². The largest absolute Gasteiger partial charge is 0.598 e. The molecule has 1 N–H and O–H groups in total. The van der Waals surface area contributed by atoms with Gasteiger partial charge in [-0.3, -0.25) is 9.36 Å². The van der Waals surface area contributed by atoms with Crippen LogP contribution in [0.1, 0.15) is 57.9 Å². The van der Waals surface area contributed by atoms with Gasteiger partial charge in [0.05, 0.1) is 11.6 Å². The lowest BCUT2D eigenvalue weighted by molar-refractivity contribution is 0.0860. The quantitative estimate of drug-likeness (QED) is 0.732. The Morgan fingerprint density at radius 2 is 1.92 bits per heavy atom. The Hall–Kier alpha value is -0.820. The van der Waals surface area contributed by atoms with Crippen LogP contribution in [0.4, 0.5) is 0 Å². The first kappa shape index (κ1) is 19.5. The van der Waals surface area contributed by atoms with E-state index in [1.54, 1.807) is 4.57 Å². The molecule has 132 valence electrons.